The molecule has 0 atom stereocenters. The van der Waals surface area contributed by atoms with Gasteiger partial charge in [-0.25, -0.2) is 13.1 Å². The number of halogens is 1. The zero-order chi connectivity index (χ0) is 20.1. The van der Waals surface area contributed by atoms with Crippen LogP contribution in [0, 0.1) is 13.8 Å². The first-order valence-corrected chi connectivity index (χ1v) is 10.4. The molecule has 0 radical (unpaired) electrons. The minimum Gasteiger partial charge on any atom is -0.360 e. The second-order valence-electron chi connectivity index (χ2n) is 6.64. The largest absolute Gasteiger partial charge is 0.360 e. The second-order valence-corrected chi connectivity index (χ2v) is 8.95. The summed E-state index contributed by atoms with van der Waals surface area (Å²) in [5.41, 5.74) is 1.47. The molecule has 0 spiro atoms. The molecule has 146 valence electrons. The number of benzene rings is 1. The Hall–Kier alpha value is -2.49. The van der Waals surface area contributed by atoms with Gasteiger partial charge in [-0.3, -0.25) is 4.79 Å². The van der Waals surface area contributed by atoms with Gasteiger partial charge < -0.3 is 4.52 Å². The summed E-state index contributed by atoms with van der Waals surface area (Å²) in [4.78, 5) is 12.4. The van der Waals surface area contributed by atoms with Gasteiger partial charge in [0.15, 0.2) is 5.76 Å². The SMILES string of the molecule is Cc1noc(C)c1S(=O)(=O)N1CC(n2nc(-c3ccc(Cl)cc3)ccc2=O)C1. The van der Waals surface area contributed by atoms with Crippen LogP contribution in [0.1, 0.15) is 17.5 Å². The molecule has 0 amide bonds. The number of aromatic nitrogens is 3. The summed E-state index contributed by atoms with van der Waals surface area (Å²) in [6.45, 7) is 3.46. The van der Waals surface area contributed by atoms with Gasteiger partial charge in [0.2, 0.25) is 10.0 Å². The summed E-state index contributed by atoms with van der Waals surface area (Å²) < 4.78 is 33.2. The number of hydrogen-bond donors (Lipinski definition) is 0. The monoisotopic (exact) mass is 420 g/mol. The molecule has 1 aliphatic rings. The average molecular weight is 421 g/mol. The van der Waals surface area contributed by atoms with Crippen LogP contribution in [0.3, 0.4) is 0 Å². The molecule has 28 heavy (non-hydrogen) atoms. The van der Waals surface area contributed by atoms with E-state index in [0.717, 1.165) is 5.56 Å². The van der Waals surface area contributed by atoms with Crippen LogP contribution in [0.5, 0.6) is 0 Å². The van der Waals surface area contributed by atoms with Crippen LogP contribution >= 0.6 is 11.6 Å². The fraction of sp³-hybridized carbons (Fsp3) is 0.278. The second kappa shape index (κ2) is 6.84. The maximum absolute atomic E-state index is 12.8. The highest BCUT2D eigenvalue weighted by molar-refractivity contribution is 7.89. The third-order valence-electron chi connectivity index (χ3n) is 4.71. The van der Waals surface area contributed by atoms with Gasteiger partial charge in [-0.2, -0.15) is 9.40 Å². The summed E-state index contributed by atoms with van der Waals surface area (Å²) in [7, 11) is -3.72. The quantitative estimate of drug-likeness (QED) is 0.642. The predicted molar refractivity (Wildman–Crippen MR) is 103 cm³/mol. The molecule has 3 aromatic rings. The predicted octanol–water partition coefficient (Wildman–Crippen LogP) is 2.41. The first-order valence-electron chi connectivity index (χ1n) is 8.56. The lowest BCUT2D eigenvalue weighted by atomic mass is 10.1. The van der Waals surface area contributed by atoms with Crippen molar-refractivity contribution in [3.05, 3.63) is 63.2 Å². The number of rotatable bonds is 4. The van der Waals surface area contributed by atoms with Crippen molar-refractivity contribution < 1.29 is 12.9 Å². The number of nitrogens with zero attached hydrogens (tertiary/aromatic N) is 4. The van der Waals surface area contributed by atoms with Gasteiger partial charge in [0.1, 0.15) is 10.6 Å². The Morgan fingerprint density at radius 3 is 2.39 bits per heavy atom. The molecule has 1 aromatic carbocycles. The van der Waals surface area contributed by atoms with Gasteiger partial charge in [-0.05, 0) is 32.0 Å². The molecular formula is C18H17ClN4O4S. The standard InChI is InChI=1S/C18H17ClN4O4S/c1-11-18(12(2)27-21-11)28(25,26)22-9-15(10-22)23-17(24)8-7-16(20-23)13-3-5-14(19)6-4-13/h3-8,15H,9-10H2,1-2H3. The van der Waals surface area contributed by atoms with E-state index in [2.05, 4.69) is 10.3 Å². The van der Waals surface area contributed by atoms with Gasteiger partial charge >= 0.3 is 0 Å². The molecule has 1 aliphatic heterocycles. The summed E-state index contributed by atoms with van der Waals surface area (Å²) in [5.74, 6) is 0.251. The van der Waals surface area contributed by atoms with Crippen molar-refractivity contribution in [2.45, 2.75) is 24.8 Å². The lowest BCUT2D eigenvalue weighted by molar-refractivity contribution is 0.185. The van der Waals surface area contributed by atoms with E-state index in [9.17, 15) is 13.2 Å². The lowest BCUT2D eigenvalue weighted by Gasteiger charge is -2.38. The molecule has 3 heterocycles. The normalized spacial score (nSPS) is 15.5. The van der Waals surface area contributed by atoms with E-state index < -0.39 is 10.0 Å². The highest BCUT2D eigenvalue weighted by Gasteiger charge is 2.41. The van der Waals surface area contributed by atoms with Gasteiger partial charge in [0, 0.05) is 29.7 Å². The van der Waals surface area contributed by atoms with Gasteiger partial charge in [0.05, 0.1) is 11.7 Å². The van der Waals surface area contributed by atoms with Crippen LogP contribution in [0.15, 0.2) is 50.6 Å². The first-order chi connectivity index (χ1) is 13.3. The number of sulfonamides is 1. The molecule has 1 fully saturated rings. The van der Waals surface area contributed by atoms with Crippen molar-refractivity contribution in [2.24, 2.45) is 0 Å². The van der Waals surface area contributed by atoms with E-state index in [0.29, 0.717) is 16.4 Å². The van der Waals surface area contributed by atoms with Crippen LogP contribution in [0.4, 0.5) is 0 Å². The van der Waals surface area contributed by atoms with E-state index in [1.165, 1.54) is 15.1 Å². The molecule has 0 saturated carbocycles. The molecular weight excluding hydrogens is 404 g/mol. The highest BCUT2D eigenvalue weighted by Crippen LogP contribution is 2.30. The molecule has 0 N–H and O–H groups in total. The maximum atomic E-state index is 12.8. The Kier molecular flexibility index (Phi) is 4.60. The van der Waals surface area contributed by atoms with Crippen LogP contribution in [-0.2, 0) is 10.0 Å². The summed E-state index contributed by atoms with van der Waals surface area (Å²) >= 11 is 5.91. The third kappa shape index (κ3) is 3.15. The number of aryl methyl sites for hydroxylation is 2. The number of hydrogen-bond acceptors (Lipinski definition) is 6. The maximum Gasteiger partial charge on any atom is 0.267 e. The van der Waals surface area contributed by atoms with Gasteiger partial charge in [-0.15, -0.1) is 0 Å². The van der Waals surface area contributed by atoms with Crippen molar-refractivity contribution in [3.63, 3.8) is 0 Å². The molecule has 4 rings (SSSR count). The van der Waals surface area contributed by atoms with Crippen LogP contribution in [-0.4, -0.2) is 40.7 Å². The van der Waals surface area contributed by atoms with E-state index in [1.54, 1.807) is 32.0 Å². The molecule has 0 unspecified atom stereocenters. The van der Waals surface area contributed by atoms with Crippen molar-refractivity contribution in [1.29, 1.82) is 0 Å². The Bertz CT molecular complexity index is 1180. The van der Waals surface area contributed by atoms with E-state index in [1.807, 2.05) is 12.1 Å². The Labute approximate surface area is 166 Å². The van der Waals surface area contributed by atoms with Crippen molar-refractivity contribution in [1.82, 2.24) is 19.2 Å². The van der Waals surface area contributed by atoms with Crippen LogP contribution in [0.2, 0.25) is 5.02 Å². The fourth-order valence-electron chi connectivity index (χ4n) is 3.20. The Morgan fingerprint density at radius 1 is 1.11 bits per heavy atom. The third-order valence-corrected chi connectivity index (χ3v) is 7.03. The molecule has 0 aliphatic carbocycles. The smallest absolute Gasteiger partial charge is 0.267 e. The minimum atomic E-state index is -3.72. The van der Waals surface area contributed by atoms with Crippen LogP contribution in [0.25, 0.3) is 11.3 Å². The van der Waals surface area contributed by atoms with E-state index in [4.69, 9.17) is 16.1 Å². The molecule has 10 heteroatoms. The van der Waals surface area contributed by atoms with Crippen molar-refractivity contribution >= 4 is 21.6 Å². The van der Waals surface area contributed by atoms with Crippen molar-refractivity contribution in [2.75, 3.05) is 13.1 Å². The van der Waals surface area contributed by atoms with E-state index >= 15 is 0 Å². The lowest BCUT2D eigenvalue weighted by Crippen LogP contribution is -2.53. The van der Waals surface area contributed by atoms with Gasteiger partial charge in [0.25, 0.3) is 5.56 Å². The molecule has 0 bridgehead atoms. The van der Waals surface area contributed by atoms with Crippen LogP contribution < -0.4 is 5.56 Å². The minimum absolute atomic E-state index is 0.0844. The topological polar surface area (TPSA) is 98.3 Å². The zero-order valence-electron chi connectivity index (χ0n) is 15.2. The van der Waals surface area contributed by atoms with E-state index in [-0.39, 0.29) is 35.3 Å². The first kappa shape index (κ1) is 18.9. The Morgan fingerprint density at radius 2 is 1.79 bits per heavy atom. The zero-order valence-corrected chi connectivity index (χ0v) is 16.7. The summed E-state index contributed by atoms with van der Waals surface area (Å²) in [6.07, 6.45) is 0. The molecule has 1 saturated heterocycles. The Balaban J connectivity index is 1.58. The summed E-state index contributed by atoms with van der Waals surface area (Å²) in [6, 6.07) is 9.85. The molecule has 2 aromatic heterocycles. The van der Waals surface area contributed by atoms with Crippen molar-refractivity contribution in [3.8, 4) is 11.3 Å². The van der Waals surface area contributed by atoms with Gasteiger partial charge in [-0.1, -0.05) is 28.9 Å². The highest BCUT2D eigenvalue weighted by atomic mass is 35.5. The fourth-order valence-corrected chi connectivity index (χ4v) is 5.13. The molecule has 8 nitrogen and oxygen atoms in total. The average Bonchev–Trinajstić information content (AvgIpc) is 2.95. The summed E-state index contributed by atoms with van der Waals surface area (Å²) in [5, 5.41) is 8.73.